The Morgan fingerprint density at radius 1 is 1.20 bits per heavy atom. The van der Waals surface area contributed by atoms with Crippen LogP contribution in [-0.4, -0.2) is 16.7 Å². The molecular formula is C16H15FN2O. The van der Waals surface area contributed by atoms with Gasteiger partial charge in [-0.05, 0) is 24.1 Å². The van der Waals surface area contributed by atoms with Crippen molar-refractivity contribution >= 4 is 0 Å². The highest BCUT2D eigenvalue weighted by Crippen LogP contribution is 2.35. The maximum absolute atomic E-state index is 13.9. The van der Waals surface area contributed by atoms with Crippen LogP contribution in [0.2, 0.25) is 0 Å². The first-order valence-corrected chi connectivity index (χ1v) is 6.43. The molecule has 0 fully saturated rings. The summed E-state index contributed by atoms with van der Waals surface area (Å²) in [4.78, 5) is 4.05. The standard InChI is InChI=1S/C16H15FN2O/c17-15-7-4-9-19-16(15)13(8-10-20)14(11-18)12-5-2-1-3-6-12/h1-7,9,13-14,20H,8,10H2/t13-,14+/m0/s1. The first kappa shape index (κ1) is 14.2. The van der Waals surface area contributed by atoms with E-state index in [0.29, 0.717) is 6.42 Å². The summed E-state index contributed by atoms with van der Waals surface area (Å²) in [5.41, 5.74) is 1.04. The lowest BCUT2D eigenvalue weighted by molar-refractivity contribution is 0.269. The van der Waals surface area contributed by atoms with Crippen LogP contribution in [0.4, 0.5) is 4.39 Å². The lowest BCUT2D eigenvalue weighted by Gasteiger charge is -2.21. The van der Waals surface area contributed by atoms with E-state index < -0.39 is 17.7 Å². The number of hydrogen-bond acceptors (Lipinski definition) is 3. The Hall–Kier alpha value is -2.25. The van der Waals surface area contributed by atoms with E-state index in [1.165, 1.54) is 18.3 Å². The van der Waals surface area contributed by atoms with Crippen LogP contribution in [0.1, 0.15) is 29.5 Å². The molecule has 2 aromatic rings. The first-order chi connectivity index (χ1) is 9.77. The second-order valence-electron chi connectivity index (χ2n) is 4.51. The van der Waals surface area contributed by atoms with Gasteiger partial charge in [0.2, 0.25) is 0 Å². The van der Waals surface area contributed by atoms with Gasteiger partial charge in [0, 0.05) is 18.7 Å². The molecule has 0 radical (unpaired) electrons. The summed E-state index contributed by atoms with van der Waals surface area (Å²) in [5, 5.41) is 18.7. The molecule has 1 N–H and O–H groups in total. The Balaban J connectivity index is 2.42. The first-order valence-electron chi connectivity index (χ1n) is 6.43. The van der Waals surface area contributed by atoms with Crippen LogP contribution in [0.15, 0.2) is 48.7 Å². The third-order valence-corrected chi connectivity index (χ3v) is 3.28. The number of aliphatic hydroxyl groups is 1. The van der Waals surface area contributed by atoms with Gasteiger partial charge in [-0.25, -0.2) is 4.39 Å². The average Bonchev–Trinajstić information content (AvgIpc) is 2.49. The molecule has 0 unspecified atom stereocenters. The zero-order valence-corrected chi connectivity index (χ0v) is 10.9. The van der Waals surface area contributed by atoms with Crippen LogP contribution in [-0.2, 0) is 0 Å². The molecule has 0 spiro atoms. The zero-order valence-electron chi connectivity index (χ0n) is 10.9. The Labute approximate surface area is 117 Å². The van der Waals surface area contributed by atoms with Gasteiger partial charge in [0.1, 0.15) is 5.82 Å². The summed E-state index contributed by atoms with van der Waals surface area (Å²) in [6.07, 6.45) is 1.79. The van der Waals surface area contributed by atoms with E-state index in [-0.39, 0.29) is 12.3 Å². The minimum absolute atomic E-state index is 0.119. The van der Waals surface area contributed by atoms with E-state index in [9.17, 15) is 14.8 Å². The minimum atomic E-state index is -0.534. The van der Waals surface area contributed by atoms with Crippen LogP contribution in [0, 0.1) is 17.1 Å². The topological polar surface area (TPSA) is 56.9 Å². The number of aromatic nitrogens is 1. The molecule has 0 saturated heterocycles. The van der Waals surface area contributed by atoms with Crippen molar-refractivity contribution in [2.45, 2.75) is 18.3 Å². The summed E-state index contributed by atoms with van der Waals surface area (Å²) < 4.78 is 13.9. The molecule has 20 heavy (non-hydrogen) atoms. The van der Waals surface area contributed by atoms with Crippen LogP contribution in [0.25, 0.3) is 0 Å². The SMILES string of the molecule is N#C[C@H](c1ccccc1)[C@H](CCO)c1ncccc1F. The third kappa shape index (κ3) is 3.01. The third-order valence-electron chi connectivity index (χ3n) is 3.28. The highest BCUT2D eigenvalue weighted by molar-refractivity contribution is 5.31. The quantitative estimate of drug-likeness (QED) is 0.908. The number of aliphatic hydroxyl groups excluding tert-OH is 1. The van der Waals surface area contributed by atoms with E-state index in [1.54, 1.807) is 0 Å². The molecule has 1 aromatic heterocycles. The molecule has 4 heteroatoms. The molecule has 0 saturated carbocycles. The predicted octanol–water partition coefficient (Wildman–Crippen LogP) is 2.99. The summed E-state index contributed by atoms with van der Waals surface area (Å²) in [6.45, 7) is -0.119. The van der Waals surface area contributed by atoms with Crippen molar-refractivity contribution in [2.75, 3.05) is 6.61 Å². The van der Waals surface area contributed by atoms with Gasteiger partial charge >= 0.3 is 0 Å². The van der Waals surface area contributed by atoms with Crippen molar-refractivity contribution in [3.05, 3.63) is 65.7 Å². The lowest BCUT2D eigenvalue weighted by Crippen LogP contribution is -2.15. The normalized spacial score (nSPS) is 13.4. The van der Waals surface area contributed by atoms with Gasteiger partial charge in [0.05, 0.1) is 17.7 Å². The highest BCUT2D eigenvalue weighted by atomic mass is 19.1. The number of hydrogen-bond donors (Lipinski definition) is 1. The number of rotatable bonds is 5. The van der Waals surface area contributed by atoms with Gasteiger partial charge in [-0.3, -0.25) is 4.98 Å². The fourth-order valence-electron chi connectivity index (χ4n) is 2.33. The fourth-order valence-corrected chi connectivity index (χ4v) is 2.33. The summed E-state index contributed by atoms with van der Waals surface area (Å²) >= 11 is 0. The molecule has 0 amide bonds. The van der Waals surface area contributed by atoms with Crippen molar-refractivity contribution in [1.29, 1.82) is 5.26 Å². The maximum atomic E-state index is 13.9. The Morgan fingerprint density at radius 3 is 2.55 bits per heavy atom. The van der Waals surface area contributed by atoms with E-state index in [0.717, 1.165) is 5.56 Å². The van der Waals surface area contributed by atoms with Crippen LogP contribution in [0.5, 0.6) is 0 Å². The van der Waals surface area contributed by atoms with Crippen molar-refractivity contribution < 1.29 is 9.50 Å². The van der Waals surface area contributed by atoms with E-state index in [2.05, 4.69) is 11.1 Å². The maximum Gasteiger partial charge on any atom is 0.145 e. The summed E-state index contributed by atoms with van der Waals surface area (Å²) in [6, 6.07) is 14.3. The largest absolute Gasteiger partial charge is 0.396 e. The summed E-state index contributed by atoms with van der Waals surface area (Å²) in [5.74, 6) is -1.44. The molecule has 0 aliphatic heterocycles. The van der Waals surface area contributed by atoms with Crippen LogP contribution in [0.3, 0.4) is 0 Å². The van der Waals surface area contributed by atoms with Gasteiger partial charge in [-0.1, -0.05) is 30.3 Å². The van der Waals surface area contributed by atoms with E-state index >= 15 is 0 Å². The Kier molecular flexibility index (Phi) is 4.80. The summed E-state index contributed by atoms with van der Waals surface area (Å²) in [7, 11) is 0. The predicted molar refractivity (Wildman–Crippen MR) is 73.4 cm³/mol. The second kappa shape index (κ2) is 6.78. The number of pyridine rings is 1. The van der Waals surface area contributed by atoms with E-state index in [1.807, 2.05) is 30.3 Å². The van der Waals surface area contributed by atoms with Crippen LogP contribution >= 0.6 is 0 Å². The van der Waals surface area contributed by atoms with Gasteiger partial charge in [0.25, 0.3) is 0 Å². The average molecular weight is 270 g/mol. The van der Waals surface area contributed by atoms with Gasteiger partial charge in [0.15, 0.2) is 0 Å². The fraction of sp³-hybridized carbons (Fsp3) is 0.250. The molecule has 0 aliphatic rings. The second-order valence-corrected chi connectivity index (χ2v) is 4.51. The van der Waals surface area contributed by atoms with Gasteiger partial charge in [-0.2, -0.15) is 5.26 Å². The van der Waals surface area contributed by atoms with Gasteiger partial charge in [-0.15, -0.1) is 0 Å². The lowest BCUT2D eigenvalue weighted by atomic mass is 9.82. The Bertz CT molecular complexity index is 595. The highest BCUT2D eigenvalue weighted by Gasteiger charge is 2.27. The molecule has 0 aliphatic carbocycles. The molecule has 1 heterocycles. The molecule has 2 atom stereocenters. The number of halogens is 1. The van der Waals surface area contributed by atoms with Gasteiger partial charge < -0.3 is 5.11 Å². The molecule has 3 nitrogen and oxygen atoms in total. The molecule has 102 valence electrons. The minimum Gasteiger partial charge on any atom is -0.396 e. The Morgan fingerprint density at radius 2 is 1.95 bits per heavy atom. The van der Waals surface area contributed by atoms with E-state index in [4.69, 9.17) is 0 Å². The smallest absolute Gasteiger partial charge is 0.145 e. The molecule has 0 bridgehead atoms. The van der Waals surface area contributed by atoms with Crippen LogP contribution < -0.4 is 0 Å². The monoisotopic (exact) mass is 270 g/mol. The van der Waals surface area contributed by atoms with Crippen molar-refractivity contribution in [1.82, 2.24) is 4.98 Å². The number of benzene rings is 1. The van der Waals surface area contributed by atoms with Crippen molar-refractivity contribution in [2.24, 2.45) is 0 Å². The zero-order chi connectivity index (χ0) is 14.4. The molecule has 2 rings (SSSR count). The molecule has 1 aromatic carbocycles. The molecular weight excluding hydrogens is 255 g/mol. The van der Waals surface area contributed by atoms with Crippen molar-refractivity contribution in [3.8, 4) is 6.07 Å². The number of nitrogens with zero attached hydrogens (tertiary/aromatic N) is 2. The van der Waals surface area contributed by atoms with Crippen molar-refractivity contribution in [3.63, 3.8) is 0 Å². The number of nitriles is 1.